The normalized spacial score (nSPS) is 19.1. The molecule has 0 unspecified atom stereocenters. The Morgan fingerprint density at radius 1 is 1.32 bits per heavy atom. The lowest BCUT2D eigenvalue weighted by Crippen LogP contribution is -2.48. The number of carbonyl (C=O) groups excluding carboxylic acids is 1. The molecule has 2 aliphatic heterocycles. The van der Waals surface area contributed by atoms with Gasteiger partial charge in [-0.25, -0.2) is 9.97 Å². The molecule has 7 nitrogen and oxygen atoms in total. The molecule has 28 heavy (non-hydrogen) atoms. The standard InChI is InChI=1S/C21H27N5O2/c27-20(8-3-6-17-5-1-2-10-22-17)24-18-7-4-11-26(14-18)21-23-13-16-15-28-12-9-19(16)25-21/h1-2,5,10,13,18H,3-4,6-9,11-12,14-15H2,(H,24,27)/t18-/m0/s1. The van der Waals surface area contributed by atoms with Crippen LogP contribution in [0.2, 0.25) is 0 Å². The summed E-state index contributed by atoms with van der Waals surface area (Å²) in [7, 11) is 0. The van der Waals surface area contributed by atoms with Gasteiger partial charge in [0.05, 0.1) is 18.9 Å². The summed E-state index contributed by atoms with van der Waals surface area (Å²) in [4.78, 5) is 28.1. The molecule has 2 aliphatic rings. The fourth-order valence-corrected chi connectivity index (χ4v) is 3.82. The Kier molecular flexibility index (Phi) is 6.11. The minimum atomic E-state index is 0.117. The van der Waals surface area contributed by atoms with Crippen LogP contribution in [0.25, 0.3) is 0 Å². The second-order valence-corrected chi connectivity index (χ2v) is 7.47. The third-order valence-electron chi connectivity index (χ3n) is 5.31. The van der Waals surface area contributed by atoms with E-state index in [0.29, 0.717) is 13.0 Å². The highest BCUT2D eigenvalue weighted by Gasteiger charge is 2.24. The maximum absolute atomic E-state index is 12.3. The van der Waals surface area contributed by atoms with E-state index < -0.39 is 0 Å². The average molecular weight is 381 g/mol. The molecule has 2 aromatic rings. The second kappa shape index (κ2) is 9.10. The van der Waals surface area contributed by atoms with Crippen molar-refractivity contribution < 1.29 is 9.53 Å². The van der Waals surface area contributed by atoms with Crippen molar-refractivity contribution in [2.75, 3.05) is 24.6 Å². The van der Waals surface area contributed by atoms with Crippen molar-refractivity contribution in [2.24, 2.45) is 0 Å². The smallest absolute Gasteiger partial charge is 0.225 e. The first-order valence-corrected chi connectivity index (χ1v) is 10.1. The number of amides is 1. The fraction of sp³-hybridized carbons (Fsp3) is 0.524. The van der Waals surface area contributed by atoms with Crippen LogP contribution in [0, 0.1) is 0 Å². The number of aryl methyl sites for hydroxylation is 1. The zero-order chi connectivity index (χ0) is 19.2. The Morgan fingerprint density at radius 3 is 3.18 bits per heavy atom. The molecule has 0 bridgehead atoms. The Balaban J connectivity index is 1.27. The summed E-state index contributed by atoms with van der Waals surface area (Å²) >= 11 is 0. The first-order valence-electron chi connectivity index (χ1n) is 10.1. The number of carbonyl (C=O) groups is 1. The van der Waals surface area contributed by atoms with Gasteiger partial charge in [0.15, 0.2) is 0 Å². The SMILES string of the molecule is O=C(CCCc1ccccn1)N[C@H]1CCCN(c2ncc3c(n2)CCOC3)C1. The topological polar surface area (TPSA) is 80.2 Å². The number of nitrogens with one attached hydrogen (secondary N) is 1. The van der Waals surface area contributed by atoms with Crippen LogP contribution >= 0.6 is 0 Å². The van der Waals surface area contributed by atoms with E-state index in [1.807, 2.05) is 24.4 Å². The van der Waals surface area contributed by atoms with Crippen molar-refractivity contribution in [2.45, 2.75) is 51.2 Å². The van der Waals surface area contributed by atoms with Crippen molar-refractivity contribution in [3.05, 3.63) is 47.5 Å². The number of ether oxygens (including phenoxy) is 1. The van der Waals surface area contributed by atoms with Gasteiger partial charge in [0, 0.05) is 55.6 Å². The zero-order valence-electron chi connectivity index (χ0n) is 16.1. The summed E-state index contributed by atoms with van der Waals surface area (Å²) in [5, 5.41) is 3.19. The molecule has 0 radical (unpaired) electrons. The van der Waals surface area contributed by atoms with Gasteiger partial charge in [0.2, 0.25) is 11.9 Å². The molecule has 1 atom stereocenters. The van der Waals surface area contributed by atoms with E-state index in [2.05, 4.69) is 20.2 Å². The molecular weight excluding hydrogens is 354 g/mol. The van der Waals surface area contributed by atoms with Gasteiger partial charge in [-0.1, -0.05) is 6.07 Å². The summed E-state index contributed by atoms with van der Waals surface area (Å²) in [5.74, 6) is 0.890. The maximum Gasteiger partial charge on any atom is 0.225 e. The minimum absolute atomic E-state index is 0.117. The van der Waals surface area contributed by atoms with E-state index in [1.54, 1.807) is 6.20 Å². The zero-order valence-corrected chi connectivity index (χ0v) is 16.1. The van der Waals surface area contributed by atoms with Crippen LogP contribution < -0.4 is 10.2 Å². The Hall–Kier alpha value is -2.54. The van der Waals surface area contributed by atoms with Gasteiger partial charge >= 0.3 is 0 Å². The fourth-order valence-electron chi connectivity index (χ4n) is 3.82. The number of fused-ring (bicyclic) bond motifs is 1. The molecule has 1 fully saturated rings. The number of pyridine rings is 1. The highest BCUT2D eigenvalue weighted by molar-refractivity contribution is 5.76. The van der Waals surface area contributed by atoms with Crippen LogP contribution in [-0.2, 0) is 29.0 Å². The van der Waals surface area contributed by atoms with Crippen LogP contribution in [-0.4, -0.2) is 46.6 Å². The summed E-state index contributed by atoms with van der Waals surface area (Å²) in [6.07, 6.45) is 8.73. The third-order valence-corrected chi connectivity index (χ3v) is 5.31. The molecule has 4 heterocycles. The second-order valence-electron chi connectivity index (χ2n) is 7.47. The highest BCUT2D eigenvalue weighted by atomic mass is 16.5. The number of anilines is 1. The molecule has 4 rings (SSSR count). The van der Waals surface area contributed by atoms with E-state index in [-0.39, 0.29) is 11.9 Å². The predicted molar refractivity (Wildman–Crippen MR) is 106 cm³/mol. The third kappa shape index (κ3) is 4.84. The van der Waals surface area contributed by atoms with Crippen molar-refractivity contribution in [1.82, 2.24) is 20.3 Å². The largest absolute Gasteiger partial charge is 0.376 e. The van der Waals surface area contributed by atoms with E-state index >= 15 is 0 Å². The lowest BCUT2D eigenvalue weighted by atomic mass is 10.1. The molecule has 1 N–H and O–H groups in total. The molecule has 7 heteroatoms. The number of hydrogen-bond acceptors (Lipinski definition) is 6. The van der Waals surface area contributed by atoms with Gasteiger partial charge in [-0.2, -0.15) is 0 Å². The Morgan fingerprint density at radius 2 is 2.29 bits per heavy atom. The van der Waals surface area contributed by atoms with Gasteiger partial charge in [-0.05, 0) is 37.8 Å². The lowest BCUT2D eigenvalue weighted by Gasteiger charge is -2.33. The van der Waals surface area contributed by atoms with E-state index in [9.17, 15) is 4.79 Å². The highest BCUT2D eigenvalue weighted by Crippen LogP contribution is 2.20. The molecule has 0 saturated carbocycles. The first-order chi connectivity index (χ1) is 13.8. The van der Waals surface area contributed by atoms with Crippen LogP contribution in [0.1, 0.15) is 42.6 Å². The molecular formula is C21H27N5O2. The number of hydrogen-bond donors (Lipinski definition) is 1. The van der Waals surface area contributed by atoms with Crippen molar-refractivity contribution in [1.29, 1.82) is 0 Å². The summed E-state index contributed by atoms with van der Waals surface area (Å²) in [6.45, 7) is 3.02. The Labute approximate surface area is 165 Å². The quantitative estimate of drug-likeness (QED) is 0.825. The minimum Gasteiger partial charge on any atom is -0.376 e. The number of rotatable bonds is 6. The van der Waals surface area contributed by atoms with Gasteiger partial charge in [-0.3, -0.25) is 9.78 Å². The van der Waals surface area contributed by atoms with E-state index in [4.69, 9.17) is 9.72 Å². The summed E-state index contributed by atoms with van der Waals surface area (Å²) < 4.78 is 5.46. The molecule has 0 aromatic carbocycles. The average Bonchev–Trinajstić information content (AvgIpc) is 2.74. The predicted octanol–water partition coefficient (Wildman–Crippen LogP) is 2.05. The molecule has 0 aliphatic carbocycles. The Bertz CT molecular complexity index is 799. The first kappa shape index (κ1) is 18.8. The van der Waals surface area contributed by atoms with E-state index in [1.165, 1.54) is 0 Å². The molecule has 1 amide bonds. The van der Waals surface area contributed by atoms with Gasteiger partial charge in [0.1, 0.15) is 0 Å². The molecule has 0 spiro atoms. The molecule has 1 saturated heterocycles. The van der Waals surface area contributed by atoms with Crippen LogP contribution in [0.5, 0.6) is 0 Å². The monoisotopic (exact) mass is 381 g/mol. The van der Waals surface area contributed by atoms with Crippen molar-refractivity contribution in [3.63, 3.8) is 0 Å². The van der Waals surface area contributed by atoms with Crippen LogP contribution in [0.3, 0.4) is 0 Å². The molecule has 2 aromatic heterocycles. The van der Waals surface area contributed by atoms with Crippen molar-refractivity contribution in [3.8, 4) is 0 Å². The summed E-state index contributed by atoms with van der Waals surface area (Å²) in [5.41, 5.74) is 3.22. The van der Waals surface area contributed by atoms with Crippen LogP contribution in [0.15, 0.2) is 30.6 Å². The number of aromatic nitrogens is 3. The lowest BCUT2D eigenvalue weighted by molar-refractivity contribution is -0.121. The van der Waals surface area contributed by atoms with Gasteiger partial charge < -0.3 is 15.0 Å². The van der Waals surface area contributed by atoms with Crippen LogP contribution in [0.4, 0.5) is 5.95 Å². The van der Waals surface area contributed by atoms with Gasteiger partial charge in [-0.15, -0.1) is 0 Å². The van der Waals surface area contributed by atoms with Gasteiger partial charge in [0.25, 0.3) is 0 Å². The van der Waals surface area contributed by atoms with E-state index in [0.717, 1.165) is 74.7 Å². The van der Waals surface area contributed by atoms with Crippen molar-refractivity contribution >= 4 is 11.9 Å². The summed E-state index contributed by atoms with van der Waals surface area (Å²) in [6, 6.07) is 6.04. The number of nitrogens with zero attached hydrogens (tertiary/aromatic N) is 4. The number of piperidine rings is 1. The molecule has 148 valence electrons. The maximum atomic E-state index is 12.3.